The Hall–Kier alpha value is -1.06. The predicted molar refractivity (Wildman–Crippen MR) is 149 cm³/mol. The number of carboxylic acids is 1. The van der Waals surface area contributed by atoms with Gasteiger partial charge in [0, 0.05) is 12.8 Å². The van der Waals surface area contributed by atoms with E-state index in [-0.39, 0.29) is 5.97 Å². The average Bonchev–Trinajstić information content (AvgIpc) is 2.84. The number of esters is 1. The second-order valence-electron chi connectivity index (χ2n) is 10.6. The molecule has 208 valence electrons. The summed E-state index contributed by atoms with van der Waals surface area (Å²) in [6, 6.07) is 0. The van der Waals surface area contributed by atoms with E-state index in [9.17, 15) is 9.59 Å². The topological polar surface area (TPSA) is 63.6 Å². The summed E-state index contributed by atoms with van der Waals surface area (Å²) in [6.07, 6.45) is 32.4. The van der Waals surface area contributed by atoms with Crippen molar-refractivity contribution in [3.8, 4) is 0 Å². The van der Waals surface area contributed by atoms with Crippen molar-refractivity contribution in [3.63, 3.8) is 0 Å². The van der Waals surface area contributed by atoms with Crippen molar-refractivity contribution in [2.45, 2.75) is 180 Å². The van der Waals surface area contributed by atoms with Crippen LogP contribution in [0.4, 0.5) is 0 Å². The minimum absolute atomic E-state index is 0.00255. The monoisotopic (exact) mass is 496 g/mol. The fourth-order valence-corrected chi connectivity index (χ4v) is 4.69. The van der Waals surface area contributed by atoms with Gasteiger partial charge in [-0.1, -0.05) is 148 Å². The first-order valence-corrected chi connectivity index (χ1v) is 15.5. The number of hydrogen-bond acceptors (Lipinski definition) is 3. The number of carbonyl (C=O) groups excluding carboxylic acids is 1. The molecule has 0 unspecified atom stereocenters. The molecule has 0 heterocycles. The van der Waals surface area contributed by atoms with Gasteiger partial charge in [0.25, 0.3) is 0 Å². The second-order valence-corrected chi connectivity index (χ2v) is 10.6. The minimum Gasteiger partial charge on any atom is -0.481 e. The van der Waals surface area contributed by atoms with Gasteiger partial charge >= 0.3 is 11.9 Å². The van der Waals surface area contributed by atoms with Crippen LogP contribution in [-0.2, 0) is 14.3 Å². The van der Waals surface area contributed by atoms with Gasteiger partial charge in [-0.3, -0.25) is 9.59 Å². The molecule has 0 radical (unpaired) electrons. The summed E-state index contributed by atoms with van der Waals surface area (Å²) >= 11 is 0. The summed E-state index contributed by atoms with van der Waals surface area (Å²) < 4.78 is 5.39. The van der Waals surface area contributed by atoms with Crippen LogP contribution in [0.2, 0.25) is 0 Å². The van der Waals surface area contributed by atoms with Crippen LogP contribution in [0, 0.1) is 0 Å². The standard InChI is InChI=1S/C31H60O4/c1-2-3-4-5-6-7-16-19-22-25-28-31(34)35-29-26-23-20-17-14-12-10-8-9-11-13-15-18-21-24-27-30(32)33/h2-29H2,1H3,(H,32,33). The van der Waals surface area contributed by atoms with Crippen molar-refractivity contribution in [3.05, 3.63) is 0 Å². The smallest absolute Gasteiger partial charge is 0.305 e. The number of carboxylic acid groups (broad SMARTS) is 1. The largest absolute Gasteiger partial charge is 0.481 e. The number of unbranched alkanes of at least 4 members (excludes halogenated alkanes) is 23. The zero-order valence-electron chi connectivity index (χ0n) is 23.5. The molecule has 0 aliphatic heterocycles. The van der Waals surface area contributed by atoms with Gasteiger partial charge in [0.2, 0.25) is 0 Å². The number of hydrogen-bond donors (Lipinski definition) is 1. The van der Waals surface area contributed by atoms with Crippen LogP contribution in [0.3, 0.4) is 0 Å². The molecule has 0 bridgehead atoms. The molecule has 0 spiro atoms. The maximum Gasteiger partial charge on any atom is 0.305 e. The van der Waals surface area contributed by atoms with Crippen molar-refractivity contribution in [2.75, 3.05) is 6.61 Å². The van der Waals surface area contributed by atoms with Gasteiger partial charge in [0.1, 0.15) is 0 Å². The second kappa shape index (κ2) is 29.2. The van der Waals surface area contributed by atoms with Crippen LogP contribution in [0.15, 0.2) is 0 Å². The highest BCUT2D eigenvalue weighted by molar-refractivity contribution is 5.69. The van der Waals surface area contributed by atoms with E-state index in [2.05, 4.69) is 6.92 Å². The summed E-state index contributed by atoms with van der Waals surface area (Å²) in [5.41, 5.74) is 0. The molecule has 0 amide bonds. The molecule has 0 aliphatic rings. The van der Waals surface area contributed by atoms with Gasteiger partial charge in [-0.05, 0) is 19.3 Å². The van der Waals surface area contributed by atoms with Gasteiger partial charge in [0.15, 0.2) is 0 Å². The minimum atomic E-state index is -0.666. The summed E-state index contributed by atoms with van der Waals surface area (Å²) in [5.74, 6) is -0.664. The lowest BCUT2D eigenvalue weighted by Gasteiger charge is -2.06. The Bertz CT molecular complexity index is 449. The van der Waals surface area contributed by atoms with E-state index in [4.69, 9.17) is 9.84 Å². The molecule has 0 aromatic rings. The van der Waals surface area contributed by atoms with E-state index in [1.165, 1.54) is 135 Å². The van der Waals surface area contributed by atoms with Crippen LogP contribution in [-0.4, -0.2) is 23.7 Å². The van der Waals surface area contributed by atoms with Crippen molar-refractivity contribution in [1.82, 2.24) is 0 Å². The summed E-state index contributed by atoms with van der Waals surface area (Å²) in [6.45, 7) is 2.87. The van der Waals surface area contributed by atoms with Gasteiger partial charge < -0.3 is 9.84 Å². The Morgan fingerprint density at radius 3 is 1.14 bits per heavy atom. The molecular formula is C31H60O4. The van der Waals surface area contributed by atoms with E-state index >= 15 is 0 Å². The third-order valence-corrected chi connectivity index (χ3v) is 7.03. The molecule has 0 rings (SSSR count). The van der Waals surface area contributed by atoms with Crippen LogP contribution in [0.5, 0.6) is 0 Å². The predicted octanol–water partition coefficient (Wildman–Crippen LogP) is 10.2. The van der Waals surface area contributed by atoms with Crippen molar-refractivity contribution in [2.24, 2.45) is 0 Å². The molecule has 35 heavy (non-hydrogen) atoms. The molecule has 0 aromatic heterocycles. The molecule has 4 nitrogen and oxygen atoms in total. The molecule has 0 aromatic carbocycles. The Kier molecular flexibility index (Phi) is 28.3. The Morgan fingerprint density at radius 1 is 0.457 bits per heavy atom. The highest BCUT2D eigenvalue weighted by Crippen LogP contribution is 2.14. The maximum absolute atomic E-state index is 11.8. The molecule has 4 heteroatoms. The van der Waals surface area contributed by atoms with E-state index in [1.54, 1.807) is 0 Å². The number of aliphatic carboxylic acids is 1. The molecular weight excluding hydrogens is 436 g/mol. The van der Waals surface area contributed by atoms with Gasteiger partial charge in [-0.2, -0.15) is 0 Å². The first-order valence-electron chi connectivity index (χ1n) is 15.5. The van der Waals surface area contributed by atoms with Crippen LogP contribution in [0.25, 0.3) is 0 Å². The third-order valence-electron chi connectivity index (χ3n) is 7.03. The van der Waals surface area contributed by atoms with Crippen molar-refractivity contribution >= 4 is 11.9 Å². The number of ether oxygens (including phenoxy) is 1. The molecule has 0 fully saturated rings. The average molecular weight is 497 g/mol. The van der Waals surface area contributed by atoms with Crippen molar-refractivity contribution < 1.29 is 19.4 Å². The van der Waals surface area contributed by atoms with E-state index in [1.807, 2.05) is 0 Å². The highest BCUT2D eigenvalue weighted by atomic mass is 16.5. The van der Waals surface area contributed by atoms with Gasteiger partial charge in [0.05, 0.1) is 6.61 Å². The number of carbonyl (C=O) groups is 2. The van der Waals surface area contributed by atoms with Crippen LogP contribution in [0.1, 0.15) is 180 Å². The SMILES string of the molecule is CCCCCCCCCCCCC(=O)OCCCCCCCCCCCCCCCCCC(=O)O. The van der Waals surface area contributed by atoms with E-state index in [0.29, 0.717) is 19.4 Å². The zero-order valence-corrected chi connectivity index (χ0v) is 23.5. The molecule has 0 atom stereocenters. The first-order chi connectivity index (χ1) is 17.2. The highest BCUT2D eigenvalue weighted by Gasteiger charge is 2.03. The Morgan fingerprint density at radius 2 is 0.771 bits per heavy atom. The lowest BCUT2D eigenvalue weighted by molar-refractivity contribution is -0.144. The van der Waals surface area contributed by atoms with Crippen LogP contribution < -0.4 is 0 Å². The quantitative estimate of drug-likeness (QED) is 0.0826. The first kappa shape index (κ1) is 33.9. The van der Waals surface area contributed by atoms with E-state index in [0.717, 1.165) is 25.7 Å². The fourth-order valence-electron chi connectivity index (χ4n) is 4.69. The van der Waals surface area contributed by atoms with Gasteiger partial charge in [-0.25, -0.2) is 0 Å². The molecule has 0 saturated heterocycles. The third kappa shape index (κ3) is 30.9. The zero-order chi connectivity index (χ0) is 25.7. The summed E-state index contributed by atoms with van der Waals surface area (Å²) in [5, 5.41) is 8.61. The fraction of sp³-hybridized carbons (Fsp3) is 0.935. The maximum atomic E-state index is 11.8. The van der Waals surface area contributed by atoms with Crippen molar-refractivity contribution in [1.29, 1.82) is 0 Å². The molecule has 1 N–H and O–H groups in total. The van der Waals surface area contributed by atoms with Gasteiger partial charge in [-0.15, -0.1) is 0 Å². The number of rotatable bonds is 29. The van der Waals surface area contributed by atoms with E-state index < -0.39 is 5.97 Å². The molecule has 0 saturated carbocycles. The normalized spacial score (nSPS) is 11.1. The Balaban J connectivity index is 3.14. The Labute approximate surface area is 218 Å². The summed E-state index contributed by atoms with van der Waals surface area (Å²) in [7, 11) is 0. The lowest BCUT2D eigenvalue weighted by Crippen LogP contribution is -2.05. The van der Waals surface area contributed by atoms with Crippen LogP contribution >= 0.6 is 0 Å². The summed E-state index contributed by atoms with van der Waals surface area (Å²) in [4.78, 5) is 22.3. The lowest BCUT2D eigenvalue weighted by atomic mass is 10.0. The molecule has 0 aliphatic carbocycles.